The molecule has 5 nitrogen and oxygen atoms in total. The van der Waals surface area contributed by atoms with Gasteiger partial charge >= 0.3 is 0 Å². The van der Waals surface area contributed by atoms with E-state index in [0.717, 1.165) is 32.0 Å². The molecule has 0 radical (unpaired) electrons. The van der Waals surface area contributed by atoms with Gasteiger partial charge in [-0.1, -0.05) is 12.1 Å². The molecule has 0 aliphatic heterocycles. The van der Waals surface area contributed by atoms with E-state index in [9.17, 15) is 0 Å². The summed E-state index contributed by atoms with van der Waals surface area (Å²) in [6.45, 7) is 4.73. The van der Waals surface area contributed by atoms with Crippen molar-refractivity contribution in [2.24, 2.45) is 4.99 Å². The maximum Gasteiger partial charge on any atom is 0.191 e. The van der Waals surface area contributed by atoms with E-state index in [4.69, 9.17) is 0 Å². The number of nitrogens with zero attached hydrogens (tertiary/aromatic N) is 3. The van der Waals surface area contributed by atoms with Gasteiger partial charge in [0.1, 0.15) is 0 Å². The van der Waals surface area contributed by atoms with Gasteiger partial charge in [-0.2, -0.15) is 0 Å². The molecule has 24 heavy (non-hydrogen) atoms. The van der Waals surface area contributed by atoms with Crippen LogP contribution >= 0.6 is 35.7 Å². The number of halogens is 1. The third-order valence-corrected chi connectivity index (χ3v) is 4.38. The minimum absolute atomic E-state index is 0. The molecule has 0 saturated carbocycles. The van der Waals surface area contributed by atoms with Crippen LogP contribution in [0.4, 0.5) is 0 Å². The zero-order chi connectivity index (χ0) is 16.5. The Morgan fingerprint density at radius 1 is 1.33 bits per heavy atom. The van der Waals surface area contributed by atoms with Crippen molar-refractivity contribution >= 4 is 41.7 Å². The van der Waals surface area contributed by atoms with Gasteiger partial charge in [-0.15, -0.1) is 35.7 Å². The summed E-state index contributed by atoms with van der Waals surface area (Å²) in [5.74, 6) is 0.836. The highest BCUT2D eigenvalue weighted by atomic mass is 127. The van der Waals surface area contributed by atoms with Crippen molar-refractivity contribution in [2.75, 3.05) is 19.8 Å². The first-order valence-corrected chi connectivity index (χ1v) is 8.99. The Morgan fingerprint density at radius 3 is 2.83 bits per heavy atom. The highest BCUT2D eigenvalue weighted by Gasteiger charge is 2.03. The molecule has 0 aliphatic rings. The monoisotopic (exact) mass is 459 g/mol. The minimum atomic E-state index is 0. The van der Waals surface area contributed by atoms with Crippen LogP contribution in [0.25, 0.3) is 0 Å². The topological polar surface area (TPSA) is 54.2 Å². The van der Waals surface area contributed by atoms with Crippen LogP contribution in [0.15, 0.2) is 46.8 Å². The molecule has 0 aliphatic carbocycles. The fraction of sp³-hybridized carbons (Fsp3) is 0.412. The lowest BCUT2D eigenvalue weighted by Gasteiger charge is -2.14. The van der Waals surface area contributed by atoms with Crippen LogP contribution in [0.3, 0.4) is 0 Å². The molecular formula is C17H26IN5S. The Morgan fingerprint density at radius 2 is 2.17 bits per heavy atom. The maximum atomic E-state index is 4.28. The normalized spacial score (nSPS) is 11.0. The fourth-order valence-corrected chi connectivity index (χ4v) is 2.99. The smallest absolute Gasteiger partial charge is 0.191 e. The molecule has 1 aromatic heterocycles. The molecule has 2 N–H and O–H groups in total. The Kier molecular flexibility index (Phi) is 9.85. The Balaban J connectivity index is 0.00000288. The number of hydrogen-bond donors (Lipinski definition) is 2. The van der Waals surface area contributed by atoms with Crippen molar-refractivity contribution in [1.82, 2.24) is 20.2 Å². The fourth-order valence-electron chi connectivity index (χ4n) is 2.28. The SMILES string of the molecule is CN=C(NCCCn1ccnc1)NCc1ccc(C)cc1SC.I. The number of nitrogens with one attached hydrogen (secondary N) is 2. The second-order valence-electron chi connectivity index (χ2n) is 5.32. The van der Waals surface area contributed by atoms with Gasteiger partial charge in [-0.05, 0) is 36.8 Å². The van der Waals surface area contributed by atoms with E-state index in [1.807, 2.05) is 12.5 Å². The van der Waals surface area contributed by atoms with E-state index in [1.54, 1.807) is 25.0 Å². The lowest BCUT2D eigenvalue weighted by Crippen LogP contribution is -2.37. The number of aromatic nitrogens is 2. The van der Waals surface area contributed by atoms with Crippen molar-refractivity contribution in [3.05, 3.63) is 48.0 Å². The Bertz CT molecular complexity index is 628. The number of rotatable bonds is 7. The molecule has 0 fully saturated rings. The number of imidazole rings is 1. The number of aliphatic imine (C=N–C) groups is 1. The summed E-state index contributed by atoms with van der Waals surface area (Å²) in [5.41, 5.74) is 2.59. The standard InChI is InChI=1S/C17H25N5S.HI/c1-14-5-6-15(16(11-14)23-3)12-21-17(18-2)20-7-4-9-22-10-8-19-13-22;/h5-6,8,10-11,13H,4,7,9,12H2,1-3H3,(H2,18,20,21);1H. The van der Waals surface area contributed by atoms with Crippen LogP contribution in [-0.2, 0) is 13.1 Å². The number of benzene rings is 1. The predicted octanol–water partition coefficient (Wildman–Crippen LogP) is 3.29. The van der Waals surface area contributed by atoms with Crippen LogP contribution in [0.5, 0.6) is 0 Å². The lowest BCUT2D eigenvalue weighted by molar-refractivity contribution is 0.624. The average Bonchev–Trinajstić information content (AvgIpc) is 3.08. The molecule has 1 heterocycles. The van der Waals surface area contributed by atoms with Gasteiger partial charge in [0.05, 0.1) is 6.33 Å². The zero-order valence-electron chi connectivity index (χ0n) is 14.5. The van der Waals surface area contributed by atoms with Gasteiger partial charge in [0, 0.05) is 44.0 Å². The first-order valence-electron chi connectivity index (χ1n) is 7.76. The molecule has 2 aromatic rings. The number of guanidine groups is 1. The van der Waals surface area contributed by atoms with Crippen LogP contribution in [0.1, 0.15) is 17.5 Å². The third-order valence-electron chi connectivity index (χ3n) is 3.56. The van der Waals surface area contributed by atoms with E-state index in [0.29, 0.717) is 0 Å². The van der Waals surface area contributed by atoms with E-state index >= 15 is 0 Å². The van der Waals surface area contributed by atoms with Gasteiger partial charge in [-0.3, -0.25) is 4.99 Å². The van der Waals surface area contributed by atoms with Gasteiger partial charge in [-0.25, -0.2) is 4.98 Å². The van der Waals surface area contributed by atoms with Crippen molar-refractivity contribution in [3.63, 3.8) is 0 Å². The van der Waals surface area contributed by atoms with E-state index in [-0.39, 0.29) is 24.0 Å². The molecule has 0 saturated heterocycles. The number of aryl methyl sites for hydroxylation is 2. The molecule has 0 bridgehead atoms. The zero-order valence-corrected chi connectivity index (χ0v) is 17.6. The summed E-state index contributed by atoms with van der Waals surface area (Å²) < 4.78 is 2.08. The van der Waals surface area contributed by atoms with Crippen LogP contribution in [0.2, 0.25) is 0 Å². The maximum absolute atomic E-state index is 4.28. The largest absolute Gasteiger partial charge is 0.356 e. The summed E-state index contributed by atoms with van der Waals surface area (Å²) in [5, 5.41) is 6.73. The lowest BCUT2D eigenvalue weighted by atomic mass is 10.1. The highest BCUT2D eigenvalue weighted by Crippen LogP contribution is 2.21. The second kappa shape index (κ2) is 11.4. The summed E-state index contributed by atoms with van der Waals surface area (Å²) in [7, 11) is 1.80. The van der Waals surface area contributed by atoms with Crippen molar-refractivity contribution in [1.29, 1.82) is 0 Å². The summed E-state index contributed by atoms with van der Waals surface area (Å²) in [6, 6.07) is 6.56. The predicted molar refractivity (Wildman–Crippen MR) is 113 cm³/mol. The highest BCUT2D eigenvalue weighted by molar-refractivity contribution is 14.0. The minimum Gasteiger partial charge on any atom is -0.356 e. The Labute approximate surface area is 165 Å². The van der Waals surface area contributed by atoms with E-state index in [1.165, 1.54) is 16.0 Å². The first kappa shape index (κ1) is 20.8. The molecule has 0 amide bonds. The van der Waals surface area contributed by atoms with Crippen molar-refractivity contribution < 1.29 is 0 Å². The summed E-state index contributed by atoms with van der Waals surface area (Å²) in [6.07, 6.45) is 8.76. The van der Waals surface area contributed by atoms with Crippen molar-refractivity contribution in [3.8, 4) is 0 Å². The summed E-state index contributed by atoms with van der Waals surface area (Å²) >= 11 is 1.78. The van der Waals surface area contributed by atoms with Crippen LogP contribution in [0, 0.1) is 6.92 Å². The molecule has 0 spiro atoms. The molecule has 7 heteroatoms. The average molecular weight is 459 g/mol. The molecular weight excluding hydrogens is 433 g/mol. The van der Waals surface area contributed by atoms with E-state index < -0.39 is 0 Å². The molecule has 0 atom stereocenters. The quantitative estimate of drug-likeness (QED) is 0.219. The molecule has 1 aromatic carbocycles. The summed E-state index contributed by atoms with van der Waals surface area (Å²) in [4.78, 5) is 9.63. The molecule has 2 rings (SSSR count). The molecule has 0 unspecified atom stereocenters. The van der Waals surface area contributed by atoms with Gasteiger partial charge in [0.2, 0.25) is 0 Å². The van der Waals surface area contributed by atoms with Gasteiger partial charge in [0.15, 0.2) is 5.96 Å². The molecule has 132 valence electrons. The van der Waals surface area contributed by atoms with E-state index in [2.05, 4.69) is 56.6 Å². The van der Waals surface area contributed by atoms with Crippen LogP contribution < -0.4 is 10.6 Å². The Hall–Kier alpha value is -1.22. The van der Waals surface area contributed by atoms with Gasteiger partial charge < -0.3 is 15.2 Å². The third kappa shape index (κ3) is 6.72. The van der Waals surface area contributed by atoms with Crippen LogP contribution in [-0.4, -0.2) is 35.4 Å². The van der Waals surface area contributed by atoms with Crippen molar-refractivity contribution in [2.45, 2.75) is 31.3 Å². The number of hydrogen-bond acceptors (Lipinski definition) is 3. The second-order valence-corrected chi connectivity index (χ2v) is 6.17. The first-order chi connectivity index (χ1) is 11.2. The van der Waals surface area contributed by atoms with Gasteiger partial charge in [0.25, 0.3) is 0 Å². The number of thioether (sulfide) groups is 1.